The molecule has 2 aliphatic heterocycles. The Kier molecular flexibility index (Phi) is 4.29. The van der Waals surface area contributed by atoms with Gasteiger partial charge in [-0.1, -0.05) is 6.07 Å². The van der Waals surface area contributed by atoms with Gasteiger partial charge in [-0.15, -0.1) is 0 Å². The second kappa shape index (κ2) is 6.37. The first kappa shape index (κ1) is 15.5. The third kappa shape index (κ3) is 3.05. The second-order valence-electron chi connectivity index (χ2n) is 5.84. The van der Waals surface area contributed by atoms with Crippen molar-refractivity contribution in [3.63, 3.8) is 0 Å². The second-order valence-corrected chi connectivity index (χ2v) is 5.84. The highest BCUT2D eigenvalue weighted by atomic mass is 16.2. The minimum absolute atomic E-state index is 0.156. The number of amides is 3. The average molecular weight is 316 g/mol. The number of anilines is 1. The first-order valence-electron chi connectivity index (χ1n) is 7.81. The van der Waals surface area contributed by atoms with Crippen molar-refractivity contribution in [3.05, 3.63) is 29.3 Å². The van der Waals surface area contributed by atoms with Crippen LogP contribution in [0.15, 0.2) is 18.2 Å². The molecule has 1 saturated heterocycles. The van der Waals surface area contributed by atoms with E-state index >= 15 is 0 Å². The van der Waals surface area contributed by atoms with E-state index in [1.165, 1.54) is 0 Å². The zero-order chi connectivity index (χ0) is 16.4. The number of rotatable bonds is 5. The van der Waals surface area contributed by atoms with Crippen LogP contribution in [0.25, 0.3) is 0 Å². The standard InChI is InChI=1S/C16H20N4O3/c17-6-1-7-18-11-3-2-10-9-20(16(23)12(10)8-11)13-4-5-14(21)19-15(13)22/h2-3,8,13,18H,1,4-7,9,17H2,(H,19,21,22). The van der Waals surface area contributed by atoms with E-state index in [4.69, 9.17) is 5.73 Å². The molecule has 4 N–H and O–H groups in total. The fourth-order valence-corrected chi connectivity index (χ4v) is 3.00. The zero-order valence-corrected chi connectivity index (χ0v) is 12.8. The number of fused-ring (bicyclic) bond motifs is 1. The Morgan fingerprint density at radius 1 is 1.30 bits per heavy atom. The van der Waals surface area contributed by atoms with E-state index in [1.807, 2.05) is 18.2 Å². The Hall–Kier alpha value is -2.41. The first-order valence-corrected chi connectivity index (χ1v) is 7.81. The summed E-state index contributed by atoms with van der Waals surface area (Å²) in [5.74, 6) is -0.817. The van der Waals surface area contributed by atoms with Crippen molar-refractivity contribution in [1.82, 2.24) is 10.2 Å². The number of hydrogen-bond acceptors (Lipinski definition) is 5. The summed E-state index contributed by atoms with van der Waals surface area (Å²) in [6.07, 6.45) is 1.50. The third-order valence-corrected chi connectivity index (χ3v) is 4.24. The van der Waals surface area contributed by atoms with Gasteiger partial charge in [0.05, 0.1) is 0 Å². The van der Waals surface area contributed by atoms with E-state index in [1.54, 1.807) is 4.90 Å². The number of imide groups is 1. The maximum absolute atomic E-state index is 12.6. The zero-order valence-electron chi connectivity index (χ0n) is 12.8. The molecule has 23 heavy (non-hydrogen) atoms. The molecule has 0 saturated carbocycles. The molecule has 0 spiro atoms. The molecular formula is C16H20N4O3. The number of carbonyl (C=O) groups is 3. The molecule has 2 heterocycles. The van der Waals surface area contributed by atoms with E-state index in [9.17, 15) is 14.4 Å². The molecular weight excluding hydrogens is 296 g/mol. The van der Waals surface area contributed by atoms with Crippen molar-refractivity contribution in [2.24, 2.45) is 5.73 Å². The van der Waals surface area contributed by atoms with Gasteiger partial charge in [0.25, 0.3) is 5.91 Å². The van der Waals surface area contributed by atoms with Gasteiger partial charge in [0.1, 0.15) is 6.04 Å². The quantitative estimate of drug-likeness (QED) is 0.532. The molecule has 7 nitrogen and oxygen atoms in total. The lowest BCUT2D eigenvalue weighted by molar-refractivity contribution is -0.136. The van der Waals surface area contributed by atoms with Crippen LogP contribution in [-0.4, -0.2) is 41.8 Å². The van der Waals surface area contributed by atoms with Crippen molar-refractivity contribution in [1.29, 1.82) is 0 Å². The predicted molar refractivity (Wildman–Crippen MR) is 84.6 cm³/mol. The average Bonchev–Trinajstić information content (AvgIpc) is 2.84. The first-order chi connectivity index (χ1) is 11.1. The van der Waals surface area contributed by atoms with Crippen LogP contribution < -0.4 is 16.4 Å². The maximum atomic E-state index is 12.6. The number of benzene rings is 1. The summed E-state index contributed by atoms with van der Waals surface area (Å²) in [5, 5.41) is 5.53. The highest BCUT2D eigenvalue weighted by Gasteiger charge is 2.39. The van der Waals surface area contributed by atoms with E-state index in [0.29, 0.717) is 25.1 Å². The van der Waals surface area contributed by atoms with Crippen molar-refractivity contribution in [2.45, 2.75) is 31.8 Å². The Balaban J connectivity index is 1.74. The summed E-state index contributed by atoms with van der Waals surface area (Å²) in [6.45, 7) is 1.77. The smallest absolute Gasteiger partial charge is 0.255 e. The Bertz CT molecular complexity index is 659. The summed E-state index contributed by atoms with van der Waals surface area (Å²) in [6, 6.07) is 5.09. The highest BCUT2D eigenvalue weighted by Crippen LogP contribution is 2.29. The Morgan fingerprint density at radius 3 is 2.87 bits per heavy atom. The highest BCUT2D eigenvalue weighted by molar-refractivity contribution is 6.05. The third-order valence-electron chi connectivity index (χ3n) is 4.24. The van der Waals surface area contributed by atoms with Gasteiger partial charge in [0.2, 0.25) is 11.8 Å². The molecule has 1 aromatic carbocycles. The monoisotopic (exact) mass is 316 g/mol. The summed E-state index contributed by atoms with van der Waals surface area (Å²) in [4.78, 5) is 37.4. The molecule has 3 amide bonds. The molecule has 122 valence electrons. The minimum atomic E-state index is -0.568. The molecule has 1 unspecified atom stereocenters. The van der Waals surface area contributed by atoms with Crippen molar-refractivity contribution >= 4 is 23.4 Å². The van der Waals surface area contributed by atoms with Crippen LogP contribution in [-0.2, 0) is 16.1 Å². The lowest BCUT2D eigenvalue weighted by atomic mass is 10.0. The number of nitrogens with two attached hydrogens (primary N) is 1. The molecule has 7 heteroatoms. The lowest BCUT2D eigenvalue weighted by Crippen LogP contribution is -2.52. The summed E-state index contributed by atoms with van der Waals surface area (Å²) in [7, 11) is 0. The number of nitrogens with one attached hydrogen (secondary N) is 2. The van der Waals surface area contributed by atoms with Crippen LogP contribution in [0.2, 0.25) is 0 Å². The van der Waals surface area contributed by atoms with Crippen LogP contribution in [0.3, 0.4) is 0 Å². The van der Waals surface area contributed by atoms with Gasteiger partial charge in [-0.05, 0) is 37.1 Å². The maximum Gasteiger partial charge on any atom is 0.255 e. The molecule has 2 aliphatic rings. The van der Waals surface area contributed by atoms with Gasteiger partial charge in [-0.25, -0.2) is 0 Å². The van der Waals surface area contributed by atoms with Crippen molar-refractivity contribution in [3.8, 4) is 0 Å². The lowest BCUT2D eigenvalue weighted by Gasteiger charge is -2.29. The minimum Gasteiger partial charge on any atom is -0.385 e. The van der Waals surface area contributed by atoms with Crippen LogP contribution in [0, 0.1) is 0 Å². The molecule has 3 rings (SSSR count). The molecule has 0 bridgehead atoms. The predicted octanol–water partition coefficient (Wildman–Crippen LogP) is 0.208. The van der Waals surface area contributed by atoms with Gasteiger partial charge in [0, 0.05) is 30.8 Å². The van der Waals surface area contributed by atoms with E-state index in [2.05, 4.69) is 10.6 Å². The number of hydrogen-bond donors (Lipinski definition) is 3. The van der Waals surface area contributed by atoms with Gasteiger partial charge in [-0.2, -0.15) is 0 Å². The summed E-state index contributed by atoms with van der Waals surface area (Å²) >= 11 is 0. The van der Waals surface area contributed by atoms with Crippen LogP contribution in [0.5, 0.6) is 0 Å². The largest absolute Gasteiger partial charge is 0.385 e. The van der Waals surface area contributed by atoms with Gasteiger partial charge in [0.15, 0.2) is 0 Å². The molecule has 1 atom stereocenters. The summed E-state index contributed by atoms with van der Waals surface area (Å²) < 4.78 is 0. The van der Waals surface area contributed by atoms with Crippen molar-refractivity contribution < 1.29 is 14.4 Å². The normalized spacial score (nSPS) is 20.5. The molecule has 0 radical (unpaired) electrons. The van der Waals surface area contributed by atoms with E-state index < -0.39 is 6.04 Å². The molecule has 1 fully saturated rings. The van der Waals surface area contributed by atoms with Crippen LogP contribution >= 0.6 is 0 Å². The van der Waals surface area contributed by atoms with E-state index in [-0.39, 0.29) is 24.1 Å². The molecule has 0 aromatic heterocycles. The SMILES string of the molecule is NCCCNc1ccc2c(c1)C(=O)N(C1CCC(=O)NC1=O)C2. The Morgan fingerprint density at radius 2 is 2.13 bits per heavy atom. The van der Waals surface area contributed by atoms with Gasteiger partial charge >= 0.3 is 0 Å². The Labute approximate surface area is 134 Å². The fraction of sp³-hybridized carbons (Fsp3) is 0.438. The molecule has 0 aliphatic carbocycles. The molecule has 1 aromatic rings. The van der Waals surface area contributed by atoms with Crippen molar-refractivity contribution in [2.75, 3.05) is 18.4 Å². The number of nitrogens with zero attached hydrogens (tertiary/aromatic N) is 1. The van der Waals surface area contributed by atoms with Gasteiger partial charge in [-0.3, -0.25) is 19.7 Å². The van der Waals surface area contributed by atoms with Crippen LogP contribution in [0.4, 0.5) is 5.69 Å². The fourth-order valence-electron chi connectivity index (χ4n) is 3.00. The van der Waals surface area contributed by atoms with Gasteiger partial charge < -0.3 is 16.0 Å². The summed E-state index contributed by atoms with van der Waals surface area (Å²) in [5.41, 5.74) is 7.86. The number of piperidine rings is 1. The topological polar surface area (TPSA) is 105 Å². The van der Waals surface area contributed by atoms with E-state index in [0.717, 1.165) is 24.2 Å². The number of carbonyl (C=O) groups excluding carboxylic acids is 3. The van der Waals surface area contributed by atoms with Crippen LogP contribution in [0.1, 0.15) is 35.2 Å².